The van der Waals surface area contributed by atoms with Crippen LogP contribution in [0, 0.1) is 11.7 Å². The van der Waals surface area contributed by atoms with E-state index in [2.05, 4.69) is 31.1 Å². The van der Waals surface area contributed by atoms with Gasteiger partial charge in [0.05, 0.1) is 11.8 Å². The van der Waals surface area contributed by atoms with Gasteiger partial charge in [-0.05, 0) is 69.0 Å². The lowest BCUT2D eigenvalue weighted by Crippen LogP contribution is -2.31. The van der Waals surface area contributed by atoms with Crippen LogP contribution in [0.4, 0.5) is 4.39 Å². The third kappa shape index (κ3) is 10.3. The van der Waals surface area contributed by atoms with Crippen molar-refractivity contribution in [3.05, 3.63) is 47.9 Å². The number of halogens is 1. The van der Waals surface area contributed by atoms with Crippen molar-refractivity contribution in [3.8, 4) is 11.6 Å². The quantitative estimate of drug-likeness (QED) is 0.295. The summed E-state index contributed by atoms with van der Waals surface area (Å²) in [5, 5.41) is 2.82. The molecule has 0 saturated heterocycles. The Kier molecular flexibility index (Phi) is 13.3. The number of rotatable bonds is 6. The van der Waals surface area contributed by atoms with Gasteiger partial charge < -0.3 is 10.1 Å². The Bertz CT molecular complexity index is 840. The van der Waals surface area contributed by atoms with Crippen LogP contribution in [-0.2, 0) is 4.79 Å². The number of pyridine rings is 1. The summed E-state index contributed by atoms with van der Waals surface area (Å²) in [5.74, 6) is 0.698. The number of hydrogen-bond donors (Lipinski definition) is 1. The van der Waals surface area contributed by atoms with Crippen molar-refractivity contribution in [3.63, 3.8) is 0 Å². The molecule has 0 unspecified atom stereocenters. The second-order valence-corrected chi connectivity index (χ2v) is 8.67. The van der Waals surface area contributed by atoms with Crippen molar-refractivity contribution in [2.24, 2.45) is 5.92 Å². The molecule has 1 aliphatic carbocycles. The first-order valence-corrected chi connectivity index (χ1v) is 12.2. The van der Waals surface area contributed by atoms with Crippen molar-refractivity contribution in [2.45, 2.75) is 70.7 Å². The van der Waals surface area contributed by atoms with Crippen LogP contribution in [-0.4, -0.2) is 29.5 Å². The SMILES string of the molecule is CC1CCC(NC=O)CC1.CCC.CSc1cccc(Oc2ncc(F)cc2C(C)=O)c1. The molecule has 0 atom stereocenters. The number of amides is 1. The molecule has 1 amide bonds. The maximum atomic E-state index is 13.1. The van der Waals surface area contributed by atoms with Gasteiger partial charge in [-0.3, -0.25) is 9.59 Å². The van der Waals surface area contributed by atoms with Gasteiger partial charge in [-0.1, -0.05) is 33.3 Å². The molecule has 0 spiro atoms. The van der Waals surface area contributed by atoms with Gasteiger partial charge in [-0.2, -0.15) is 0 Å². The minimum atomic E-state index is -0.560. The van der Waals surface area contributed by atoms with E-state index in [1.807, 2.05) is 24.5 Å². The van der Waals surface area contributed by atoms with E-state index in [4.69, 9.17) is 4.74 Å². The van der Waals surface area contributed by atoms with Crippen LogP contribution in [0.1, 0.15) is 70.2 Å². The van der Waals surface area contributed by atoms with Crippen LogP contribution in [0.15, 0.2) is 41.4 Å². The van der Waals surface area contributed by atoms with Crippen molar-refractivity contribution in [1.29, 1.82) is 0 Å². The van der Waals surface area contributed by atoms with Crippen molar-refractivity contribution >= 4 is 24.0 Å². The van der Waals surface area contributed by atoms with E-state index in [-0.39, 0.29) is 17.2 Å². The summed E-state index contributed by atoms with van der Waals surface area (Å²) < 4.78 is 18.6. The Morgan fingerprint density at radius 1 is 1.25 bits per heavy atom. The number of carbonyl (C=O) groups is 2. The molecule has 1 N–H and O–H groups in total. The molecular formula is C25H35FN2O3S. The number of hydrogen-bond acceptors (Lipinski definition) is 5. The third-order valence-electron chi connectivity index (χ3n) is 4.77. The van der Waals surface area contributed by atoms with Crippen LogP contribution in [0.2, 0.25) is 0 Å². The second kappa shape index (κ2) is 15.4. The minimum absolute atomic E-state index is 0.118. The van der Waals surface area contributed by atoms with Crippen molar-refractivity contribution < 1.29 is 18.7 Å². The highest BCUT2D eigenvalue weighted by molar-refractivity contribution is 7.98. The topological polar surface area (TPSA) is 68.3 Å². The van der Waals surface area contributed by atoms with Crippen molar-refractivity contribution in [2.75, 3.05) is 6.26 Å². The maximum Gasteiger partial charge on any atom is 0.230 e. The molecule has 0 radical (unpaired) electrons. The van der Waals surface area contributed by atoms with E-state index >= 15 is 0 Å². The lowest BCUT2D eigenvalue weighted by molar-refractivity contribution is -0.110. The summed E-state index contributed by atoms with van der Waals surface area (Å²) in [6.07, 6.45) is 9.92. The molecule has 0 aliphatic heterocycles. The zero-order chi connectivity index (χ0) is 23.9. The number of benzene rings is 1. The van der Waals surface area contributed by atoms with Gasteiger partial charge in [-0.25, -0.2) is 9.37 Å². The standard InChI is InChI=1S/C14H12FNO2S.C8H15NO.C3H8/c1-9(17)13-6-10(15)8-16-14(13)18-11-4-3-5-12(7-11)19-2;1-7-2-4-8(5-3-7)9-6-10;1-3-2/h3-8H,1-2H3;6-8H,2-5H2,1H3,(H,9,10);3H2,1-2H3. The van der Waals surface area contributed by atoms with Crippen LogP contribution in [0.25, 0.3) is 0 Å². The Morgan fingerprint density at radius 3 is 2.47 bits per heavy atom. The summed E-state index contributed by atoms with van der Waals surface area (Å²) in [5.41, 5.74) is 0.134. The van der Waals surface area contributed by atoms with Gasteiger partial charge in [0.2, 0.25) is 12.3 Å². The number of Topliss-reactive ketones (excluding diaryl/α,β-unsaturated/α-hetero) is 1. The van der Waals surface area contributed by atoms with E-state index in [1.165, 1.54) is 39.0 Å². The highest BCUT2D eigenvalue weighted by Crippen LogP contribution is 2.27. The predicted molar refractivity (Wildman–Crippen MR) is 129 cm³/mol. The van der Waals surface area contributed by atoms with Crippen LogP contribution in [0.3, 0.4) is 0 Å². The molecule has 32 heavy (non-hydrogen) atoms. The molecule has 1 saturated carbocycles. The summed E-state index contributed by atoms with van der Waals surface area (Å²) in [6, 6.07) is 8.98. The zero-order valence-corrected chi connectivity index (χ0v) is 20.5. The Hall–Kier alpha value is -2.41. The molecule has 1 aromatic carbocycles. The van der Waals surface area contributed by atoms with Gasteiger partial charge in [-0.15, -0.1) is 11.8 Å². The molecule has 7 heteroatoms. The molecule has 176 valence electrons. The van der Waals surface area contributed by atoms with E-state index in [9.17, 15) is 14.0 Å². The first kappa shape index (κ1) is 27.6. The first-order valence-electron chi connectivity index (χ1n) is 11.0. The molecule has 2 aromatic rings. The molecular weight excluding hydrogens is 427 g/mol. The summed E-state index contributed by atoms with van der Waals surface area (Å²) >= 11 is 1.58. The van der Waals surface area contributed by atoms with Gasteiger partial charge in [0.1, 0.15) is 11.6 Å². The summed E-state index contributed by atoms with van der Waals surface area (Å²) in [7, 11) is 0. The molecule has 1 fully saturated rings. The minimum Gasteiger partial charge on any atom is -0.438 e. The van der Waals surface area contributed by atoms with Gasteiger partial charge in [0.25, 0.3) is 0 Å². The Labute approximate surface area is 195 Å². The Balaban J connectivity index is 0.000000330. The number of nitrogens with zero attached hydrogens (tertiary/aromatic N) is 1. The second-order valence-electron chi connectivity index (χ2n) is 7.79. The van der Waals surface area contributed by atoms with Crippen molar-refractivity contribution in [1.82, 2.24) is 10.3 Å². The number of ether oxygens (including phenoxy) is 1. The molecule has 0 bridgehead atoms. The fourth-order valence-electron chi connectivity index (χ4n) is 3.06. The Morgan fingerprint density at radius 2 is 1.91 bits per heavy atom. The third-order valence-corrected chi connectivity index (χ3v) is 5.50. The highest BCUT2D eigenvalue weighted by atomic mass is 32.2. The lowest BCUT2D eigenvalue weighted by atomic mass is 9.87. The van der Waals surface area contributed by atoms with Gasteiger partial charge in [0, 0.05) is 10.9 Å². The fraction of sp³-hybridized carbons (Fsp3) is 0.480. The highest BCUT2D eigenvalue weighted by Gasteiger charge is 2.16. The number of ketones is 1. The number of thioether (sulfide) groups is 1. The zero-order valence-electron chi connectivity index (χ0n) is 19.7. The average molecular weight is 463 g/mol. The molecule has 1 aliphatic rings. The molecule has 3 rings (SSSR count). The van der Waals surface area contributed by atoms with E-state index in [1.54, 1.807) is 17.8 Å². The first-order chi connectivity index (χ1) is 15.3. The van der Waals surface area contributed by atoms with Crippen LogP contribution < -0.4 is 10.1 Å². The maximum absolute atomic E-state index is 13.1. The summed E-state index contributed by atoms with van der Waals surface area (Å²) in [6.45, 7) is 7.87. The fourth-order valence-corrected chi connectivity index (χ4v) is 3.51. The number of aromatic nitrogens is 1. The normalized spacial score (nSPS) is 17.1. The summed E-state index contributed by atoms with van der Waals surface area (Å²) in [4.78, 5) is 26.3. The molecule has 1 heterocycles. The van der Waals surface area contributed by atoms with E-state index in [0.717, 1.165) is 29.5 Å². The largest absolute Gasteiger partial charge is 0.438 e. The number of nitrogens with one attached hydrogen (secondary N) is 1. The smallest absolute Gasteiger partial charge is 0.230 e. The van der Waals surface area contributed by atoms with E-state index in [0.29, 0.717) is 11.8 Å². The molecule has 5 nitrogen and oxygen atoms in total. The van der Waals surface area contributed by atoms with Crippen LogP contribution in [0.5, 0.6) is 11.6 Å². The molecule has 1 aromatic heterocycles. The van der Waals surface area contributed by atoms with Gasteiger partial charge >= 0.3 is 0 Å². The van der Waals surface area contributed by atoms with Gasteiger partial charge in [0.15, 0.2) is 5.78 Å². The predicted octanol–water partition coefficient (Wildman–Crippen LogP) is 6.66. The van der Waals surface area contributed by atoms with Crippen LogP contribution >= 0.6 is 11.8 Å². The van der Waals surface area contributed by atoms with E-state index < -0.39 is 5.82 Å². The number of carbonyl (C=O) groups excluding carboxylic acids is 2. The average Bonchev–Trinajstić information content (AvgIpc) is 2.78. The monoisotopic (exact) mass is 462 g/mol. The lowest BCUT2D eigenvalue weighted by Gasteiger charge is -2.25.